The van der Waals surface area contributed by atoms with Gasteiger partial charge in [0, 0.05) is 25.7 Å². The lowest BCUT2D eigenvalue weighted by Crippen LogP contribution is -2.38. The zero-order valence-corrected chi connectivity index (χ0v) is 10.3. The molecule has 1 aromatic heterocycles. The van der Waals surface area contributed by atoms with Crippen LogP contribution in [0.15, 0.2) is 24.5 Å². The molecule has 1 aliphatic rings. The van der Waals surface area contributed by atoms with Crippen molar-refractivity contribution in [2.45, 2.75) is 0 Å². The number of fused-ring (bicyclic) bond motifs is 1. The van der Waals surface area contributed by atoms with E-state index in [-0.39, 0.29) is 0 Å². The van der Waals surface area contributed by atoms with Crippen molar-refractivity contribution in [2.24, 2.45) is 0 Å². The predicted octanol–water partition coefficient (Wildman–Crippen LogP) is 1.27. The van der Waals surface area contributed by atoms with Crippen LogP contribution in [0.2, 0.25) is 0 Å². The highest BCUT2D eigenvalue weighted by Crippen LogP contribution is 2.17. The first-order valence-corrected chi connectivity index (χ1v) is 6.28. The number of imidazole rings is 1. The van der Waals surface area contributed by atoms with Gasteiger partial charge in [-0.15, -0.1) is 0 Å². The Morgan fingerprint density at radius 2 is 2.22 bits per heavy atom. The number of nitrogens with zero attached hydrogens (tertiary/aromatic N) is 2. The van der Waals surface area contributed by atoms with E-state index in [1.807, 2.05) is 18.2 Å². The van der Waals surface area contributed by atoms with Gasteiger partial charge in [-0.3, -0.25) is 4.90 Å². The number of morpholine rings is 1. The van der Waals surface area contributed by atoms with Crippen LogP contribution in [0, 0.1) is 0 Å². The van der Waals surface area contributed by atoms with Gasteiger partial charge in [-0.1, -0.05) is 0 Å². The van der Waals surface area contributed by atoms with E-state index in [0.717, 1.165) is 49.6 Å². The molecule has 0 aliphatic carbocycles. The minimum Gasteiger partial charge on any atom is -0.492 e. The predicted molar refractivity (Wildman–Crippen MR) is 68.8 cm³/mol. The second-order valence-corrected chi connectivity index (χ2v) is 4.38. The van der Waals surface area contributed by atoms with E-state index in [4.69, 9.17) is 9.47 Å². The van der Waals surface area contributed by atoms with Crippen molar-refractivity contribution in [3.8, 4) is 5.75 Å². The molecule has 2 aromatic rings. The average Bonchev–Trinajstić information content (AvgIpc) is 2.87. The number of nitrogens with one attached hydrogen (secondary N) is 1. The van der Waals surface area contributed by atoms with E-state index < -0.39 is 0 Å². The molecule has 0 bridgehead atoms. The fourth-order valence-electron chi connectivity index (χ4n) is 2.12. The Hall–Kier alpha value is -1.59. The van der Waals surface area contributed by atoms with Crippen LogP contribution in [0.3, 0.4) is 0 Å². The summed E-state index contributed by atoms with van der Waals surface area (Å²) in [7, 11) is 0. The minimum atomic E-state index is 0.708. The molecule has 1 aromatic carbocycles. The minimum absolute atomic E-state index is 0.708. The lowest BCUT2D eigenvalue weighted by atomic mass is 10.3. The van der Waals surface area contributed by atoms with Crippen LogP contribution < -0.4 is 4.74 Å². The van der Waals surface area contributed by atoms with Crippen molar-refractivity contribution >= 4 is 11.0 Å². The summed E-state index contributed by atoms with van der Waals surface area (Å²) >= 11 is 0. The monoisotopic (exact) mass is 247 g/mol. The van der Waals surface area contributed by atoms with Crippen LogP contribution in [-0.4, -0.2) is 54.3 Å². The van der Waals surface area contributed by atoms with Crippen molar-refractivity contribution in [1.82, 2.24) is 14.9 Å². The number of hydrogen-bond acceptors (Lipinski definition) is 4. The first-order valence-electron chi connectivity index (χ1n) is 6.28. The highest BCUT2D eigenvalue weighted by molar-refractivity contribution is 5.75. The number of ether oxygens (including phenoxy) is 2. The van der Waals surface area contributed by atoms with Gasteiger partial charge >= 0.3 is 0 Å². The van der Waals surface area contributed by atoms with E-state index in [1.54, 1.807) is 6.33 Å². The van der Waals surface area contributed by atoms with Crippen molar-refractivity contribution in [3.05, 3.63) is 24.5 Å². The number of H-pyrrole nitrogens is 1. The van der Waals surface area contributed by atoms with Gasteiger partial charge in [0.25, 0.3) is 0 Å². The Kier molecular flexibility index (Phi) is 3.43. The number of aromatic nitrogens is 2. The Balaban J connectivity index is 1.52. The molecule has 0 amide bonds. The van der Waals surface area contributed by atoms with Crippen LogP contribution in [-0.2, 0) is 4.74 Å². The van der Waals surface area contributed by atoms with Crippen molar-refractivity contribution in [2.75, 3.05) is 39.5 Å². The van der Waals surface area contributed by atoms with Crippen LogP contribution in [0.25, 0.3) is 11.0 Å². The summed E-state index contributed by atoms with van der Waals surface area (Å²) in [5, 5.41) is 0. The van der Waals surface area contributed by atoms with Crippen molar-refractivity contribution < 1.29 is 9.47 Å². The molecule has 5 nitrogen and oxygen atoms in total. The highest BCUT2D eigenvalue weighted by Gasteiger charge is 2.09. The van der Waals surface area contributed by atoms with Gasteiger partial charge in [0.1, 0.15) is 12.4 Å². The molecule has 2 heterocycles. The van der Waals surface area contributed by atoms with Gasteiger partial charge in [-0.25, -0.2) is 4.98 Å². The second-order valence-electron chi connectivity index (χ2n) is 4.38. The maximum atomic E-state index is 5.76. The summed E-state index contributed by atoms with van der Waals surface area (Å²) in [6, 6.07) is 5.92. The molecule has 5 heteroatoms. The zero-order valence-electron chi connectivity index (χ0n) is 10.3. The maximum absolute atomic E-state index is 5.76. The molecule has 0 spiro atoms. The number of rotatable bonds is 4. The van der Waals surface area contributed by atoms with Crippen molar-refractivity contribution in [3.63, 3.8) is 0 Å². The highest BCUT2D eigenvalue weighted by atomic mass is 16.5. The topological polar surface area (TPSA) is 50.4 Å². The van der Waals surface area contributed by atoms with Gasteiger partial charge in [0.15, 0.2) is 0 Å². The fraction of sp³-hybridized carbons (Fsp3) is 0.462. The number of aromatic amines is 1. The summed E-state index contributed by atoms with van der Waals surface area (Å²) in [6.45, 7) is 5.33. The zero-order chi connectivity index (χ0) is 12.2. The molecule has 3 rings (SSSR count). The summed E-state index contributed by atoms with van der Waals surface area (Å²) in [5.74, 6) is 0.889. The number of benzene rings is 1. The SMILES string of the molecule is c1nc2ccc(OCCN3CCOCC3)cc2[nH]1. The van der Waals surface area contributed by atoms with E-state index >= 15 is 0 Å². The van der Waals surface area contributed by atoms with E-state index in [2.05, 4.69) is 14.9 Å². The van der Waals surface area contributed by atoms with Crippen molar-refractivity contribution in [1.29, 1.82) is 0 Å². The quantitative estimate of drug-likeness (QED) is 0.884. The molecular formula is C13H17N3O2. The van der Waals surface area contributed by atoms with Crippen LogP contribution in [0.1, 0.15) is 0 Å². The second kappa shape index (κ2) is 5.37. The van der Waals surface area contributed by atoms with Gasteiger partial charge in [0.05, 0.1) is 30.6 Å². The molecule has 0 atom stereocenters. The third-order valence-electron chi connectivity index (χ3n) is 3.17. The first kappa shape index (κ1) is 11.5. The van der Waals surface area contributed by atoms with E-state index in [0.29, 0.717) is 6.61 Å². The Morgan fingerprint density at radius 1 is 1.33 bits per heavy atom. The van der Waals surface area contributed by atoms with E-state index in [9.17, 15) is 0 Å². The molecule has 0 saturated carbocycles. The first-order chi connectivity index (χ1) is 8.92. The van der Waals surface area contributed by atoms with Gasteiger partial charge in [-0.05, 0) is 12.1 Å². The standard InChI is InChI=1S/C13H17N3O2/c1-2-12-13(15-10-14-12)9-11(1)18-8-5-16-3-6-17-7-4-16/h1-2,9-10H,3-8H2,(H,14,15). The van der Waals surface area contributed by atoms with E-state index in [1.165, 1.54) is 0 Å². The summed E-state index contributed by atoms with van der Waals surface area (Å²) in [5.41, 5.74) is 1.98. The van der Waals surface area contributed by atoms with Crippen LogP contribution >= 0.6 is 0 Å². The molecule has 1 N–H and O–H groups in total. The molecule has 96 valence electrons. The Bertz CT molecular complexity index is 506. The normalized spacial score (nSPS) is 17.1. The Morgan fingerprint density at radius 3 is 3.11 bits per heavy atom. The smallest absolute Gasteiger partial charge is 0.121 e. The van der Waals surface area contributed by atoms with Crippen LogP contribution in [0.5, 0.6) is 5.75 Å². The van der Waals surface area contributed by atoms with Gasteiger partial charge in [-0.2, -0.15) is 0 Å². The average molecular weight is 247 g/mol. The summed E-state index contributed by atoms with van der Waals surface area (Å²) in [6.07, 6.45) is 1.70. The molecule has 1 saturated heterocycles. The summed E-state index contributed by atoms with van der Waals surface area (Å²) < 4.78 is 11.1. The summed E-state index contributed by atoms with van der Waals surface area (Å²) in [4.78, 5) is 9.62. The number of hydrogen-bond donors (Lipinski definition) is 1. The third-order valence-corrected chi connectivity index (χ3v) is 3.17. The lowest BCUT2D eigenvalue weighted by Gasteiger charge is -2.26. The molecule has 1 fully saturated rings. The molecule has 18 heavy (non-hydrogen) atoms. The third kappa shape index (κ3) is 2.63. The Labute approximate surface area is 106 Å². The van der Waals surface area contributed by atoms with Gasteiger partial charge in [0.2, 0.25) is 0 Å². The van der Waals surface area contributed by atoms with Crippen LogP contribution in [0.4, 0.5) is 0 Å². The fourth-order valence-corrected chi connectivity index (χ4v) is 2.12. The lowest BCUT2D eigenvalue weighted by molar-refractivity contribution is 0.0322. The molecular weight excluding hydrogens is 230 g/mol. The molecule has 0 unspecified atom stereocenters. The maximum Gasteiger partial charge on any atom is 0.121 e. The largest absolute Gasteiger partial charge is 0.492 e. The van der Waals surface area contributed by atoms with Gasteiger partial charge < -0.3 is 14.5 Å². The molecule has 0 radical (unpaired) electrons. The molecule has 1 aliphatic heterocycles.